The van der Waals surface area contributed by atoms with Gasteiger partial charge in [-0.05, 0) is 25.5 Å². The molecule has 102 valence electrons. The van der Waals surface area contributed by atoms with E-state index in [1.807, 2.05) is 50.2 Å². The Kier molecular flexibility index (Phi) is 3.38. The molecule has 1 unspecified atom stereocenters. The van der Waals surface area contributed by atoms with Gasteiger partial charge in [0.1, 0.15) is 16.5 Å². The van der Waals surface area contributed by atoms with Gasteiger partial charge in [-0.3, -0.25) is 0 Å². The fourth-order valence-electron chi connectivity index (χ4n) is 2.12. The molecule has 5 heteroatoms. The lowest BCUT2D eigenvalue weighted by atomic mass is 10.1. The normalized spacial score (nSPS) is 12.6. The van der Waals surface area contributed by atoms with Gasteiger partial charge in [-0.25, -0.2) is 0 Å². The third kappa shape index (κ3) is 2.37. The minimum Gasteiger partial charge on any atom is -0.466 e. The fraction of sp³-hybridized carbons (Fsp3) is 0.200. The number of hydrogen-bond donors (Lipinski definition) is 1. The molecule has 0 fully saturated rings. The molecule has 1 aromatic carbocycles. The first-order chi connectivity index (χ1) is 9.65. The van der Waals surface area contributed by atoms with Crippen LogP contribution >= 0.6 is 11.3 Å². The molecule has 0 spiro atoms. The Morgan fingerprint density at radius 1 is 1.15 bits per heavy atom. The van der Waals surface area contributed by atoms with Crippen LogP contribution in [0, 0.1) is 13.8 Å². The third-order valence-electron chi connectivity index (χ3n) is 3.14. The van der Waals surface area contributed by atoms with Crippen LogP contribution < -0.4 is 5.73 Å². The molecule has 20 heavy (non-hydrogen) atoms. The molecule has 3 rings (SSSR count). The molecule has 4 nitrogen and oxygen atoms in total. The molecule has 2 aromatic heterocycles. The number of aromatic nitrogens is 2. The van der Waals surface area contributed by atoms with E-state index in [1.54, 1.807) is 0 Å². The lowest BCUT2D eigenvalue weighted by molar-refractivity contribution is 0.505. The SMILES string of the molecule is Cc1cc(-c2nnc(C(N)c3ccccc3)s2)c(C)o1. The van der Waals surface area contributed by atoms with E-state index in [0.29, 0.717) is 0 Å². The summed E-state index contributed by atoms with van der Waals surface area (Å²) in [4.78, 5) is 0. The van der Waals surface area contributed by atoms with E-state index in [0.717, 1.165) is 32.7 Å². The van der Waals surface area contributed by atoms with Crippen LogP contribution in [0.5, 0.6) is 0 Å². The zero-order chi connectivity index (χ0) is 14.1. The Morgan fingerprint density at radius 3 is 2.55 bits per heavy atom. The van der Waals surface area contributed by atoms with Gasteiger partial charge in [-0.15, -0.1) is 10.2 Å². The van der Waals surface area contributed by atoms with E-state index in [-0.39, 0.29) is 6.04 Å². The highest BCUT2D eigenvalue weighted by atomic mass is 32.1. The maximum atomic E-state index is 6.24. The second kappa shape index (κ2) is 5.19. The Morgan fingerprint density at radius 2 is 1.90 bits per heavy atom. The van der Waals surface area contributed by atoms with Crippen LogP contribution in [0.3, 0.4) is 0 Å². The highest BCUT2D eigenvalue weighted by Gasteiger charge is 2.17. The smallest absolute Gasteiger partial charge is 0.151 e. The van der Waals surface area contributed by atoms with Crippen molar-refractivity contribution in [3.05, 3.63) is 58.5 Å². The number of rotatable bonds is 3. The van der Waals surface area contributed by atoms with Crippen LogP contribution in [0.1, 0.15) is 28.1 Å². The summed E-state index contributed by atoms with van der Waals surface area (Å²) in [5.41, 5.74) is 8.26. The van der Waals surface area contributed by atoms with E-state index in [4.69, 9.17) is 10.2 Å². The van der Waals surface area contributed by atoms with Crippen molar-refractivity contribution in [3.8, 4) is 10.6 Å². The number of hydrogen-bond acceptors (Lipinski definition) is 5. The molecule has 1 atom stereocenters. The third-order valence-corrected chi connectivity index (χ3v) is 4.18. The van der Waals surface area contributed by atoms with Crippen LogP contribution in [0.2, 0.25) is 0 Å². The van der Waals surface area contributed by atoms with Crippen molar-refractivity contribution < 1.29 is 4.42 Å². The van der Waals surface area contributed by atoms with Crippen LogP contribution in [0.4, 0.5) is 0 Å². The van der Waals surface area contributed by atoms with Crippen molar-refractivity contribution in [2.75, 3.05) is 0 Å². The molecule has 0 aliphatic carbocycles. The molecule has 0 saturated carbocycles. The summed E-state index contributed by atoms with van der Waals surface area (Å²) in [7, 11) is 0. The van der Waals surface area contributed by atoms with Gasteiger partial charge in [0.05, 0.1) is 11.6 Å². The summed E-state index contributed by atoms with van der Waals surface area (Å²) in [6, 6.07) is 11.7. The second-order valence-corrected chi connectivity index (χ2v) is 5.67. The molecule has 0 radical (unpaired) electrons. The monoisotopic (exact) mass is 285 g/mol. The van der Waals surface area contributed by atoms with Crippen molar-refractivity contribution in [3.63, 3.8) is 0 Å². The zero-order valence-corrected chi connectivity index (χ0v) is 12.1. The van der Waals surface area contributed by atoms with Gasteiger partial charge in [0.15, 0.2) is 5.01 Å². The van der Waals surface area contributed by atoms with Crippen molar-refractivity contribution in [2.45, 2.75) is 19.9 Å². The quantitative estimate of drug-likeness (QED) is 0.800. The molecule has 0 aliphatic heterocycles. The lowest BCUT2D eigenvalue weighted by Gasteiger charge is -2.06. The van der Waals surface area contributed by atoms with Gasteiger partial charge in [-0.2, -0.15) is 0 Å². The van der Waals surface area contributed by atoms with Crippen molar-refractivity contribution in [1.29, 1.82) is 0 Å². The summed E-state index contributed by atoms with van der Waals surface area (Å²) in [5, 5.41) is 10.1. The van der Waals surface area contributed by atoms with Crippen molar-refractivity contribution >= 4 is 11.3 Å². The molecular weight excluding hydrogens is 270 g/mol. The Bertz CT molecular complexity index is 718. The van der Waals surface area contributed by atoms with Crippen molar-refractivity contribution in [2.24, 2.45) is 5.73 Å². The number of furan rings is 1. The summed E-state index contributed by atoms with van der Waals surface area (Å²) in [5.74, 6) is 1.74. The minimum atomic E-state index is -0.240. The average Bonchev–Trinajstić information content (AvgIpc) is 3.05. The summed E-state index contributed by atoms with van der Waals surface area (Å²) in [6.07, 6.45) is 0. The first-order valence-corrected chi connectivity index (χ1v) is 7.18. The summed E-state index contributed by atoms with van der Waals surface area (Å²) >= 11 is 1.51. The van der Waals surface area contributed by atoms with Gasteiger partial charge in [0.2, 0.25) is 0 Å². The van der Waals surface area contributed by atoms with E-state index in [1.165, 1.54) is 11.3 Å². The van der Waals surface area contributed by atoms with E-state index in [2.05, 4.69) is 10.2 Å². The molecule has 0 saturated heterocycles. The van der Waals surface area contributed by atoms with E-state index in [9.17, 15) is 0 Å². The molecule has 2 heterocycles. The van der Waals surface area contributed by atoms with E-state index >= 15 is 0 Å². The second-order valence-electron chi connectivity index (χ2n) is 4.66. The highest BCUT2D eigenvalue weighted by Crippen LogP contribution is 2.32. The molecule has 2 N–H and O–H groups in total. The fourth-order valence-corrected chi connectivity index (χ4v) is 3.05. The first-order valence-electron chi connectivity index (χ1n) is 6.36. The predicted molar refractivity (Wildman–Crippen MR) is 79.6 cm³/mol. The Balaban J connectivity index is 1.93. The standard InChI is InChI=1S/C15H15N3OS/c1-9-8-12(10(2)19-9)14-17-18-15(20-14)13(16)11-6-4-3-5-7-11/h3-8,13H,16H2,1-2H3. The molecule has 0 aliphatic rings. The number of nitrogens with two attached hydrogens (primary N) is 1. The number of aryl methyl sites for hydroxylation is 2. The predicted octanol–water partition coefficient (Wildman–Crippen LogP) is 3.46. The largest absolute Gasteiger partial charge is 0.466 e. The first kappa shape index (κ1) is 13.0. The maximum absolute atomic E-state index is 6.24. The van der Waals surface area contributed by atoms with Gasteiger partial charge >= 0.3 is 0 Å². The van der Waals surface area contributed by atoms with Crippen LogP contribution in [-0.4, -0.2) is 10.2 Å². The molecule has 0 bridgehead atoms. The van der Waals surface area contributed by atoms with Gasteiger partial charge in [0, 0.05) is 0 Å². The van der Waals surface area contributed by atoms with Gasteiger partial charge in [0.25, 0.3) is 0 Å². The maximum Gasteiger partial charge on any atom is 0.151 e. The van der Waals surface area contributed by atoms with Gasteiger partial charge in [-0.1, -0.05) is 41.7 Å². The van der Waals surface area contributed by atoms with Crippen molar-refractivity contribution in [1.82, 2.24) is 10.2 Å². The summed E-state index contributed by atoms with van der Waals surface area (Å²) in [6.45, 7) is 3.86. The van der Waals surface area contributed by atoms with Crippen LogP contribution in [0.25, 0.3) is 10.6 Å². The molecular formula is C15H15N3OS. The summed E-state index contributed by atoms with van der Waals surface area (Å²) < 4.78 is 5.53. The molecule has 3 aromatic rings. The topological polar surface area (TPSA) is 64.9 Å². The average molecular weight is 285 g/mol. The Hall–Kier alpha value is -1.98. The zero-order valence-electron chi connectivity index (χ0n) is 11.3. The van der Waals surface area contributed by atoms with E-state index < -0.39 is 0 Å². The minimum absolute atomic E-state index is 0.240. The Labute approximate surface area is 121 Å². The number of benzene rings is 1. The lowest BCUT2D eigenvalue weighted by Crippen LogP contribution is -2.11. The highest BCUT2D eigenvalue weighted by molar-refractivity contribution is 7.14. The number of nitrogens with zero attached hydrogens (tertiary/aromatic N) is 2. The van der Waals surface area contributed by atoms with Crippen LogP contribution in [0.15, 0.2) is 40.8 Å². The molecule has 0 amide bonds. The van der Waals surface area contributed by atoms with Gasteiger partial charge < -0.3 is 10.2 Å². The van der Waals surface area contributed by atoms with Crippen LogP contribution in [-0.2, 0) is 0 Å².